The van der Waals surface area contributed by atoms with Crippen molar-refractivity contribution in [3.63, 3.8) is 0 Å². The molecule has 0 aliphatic heterocycles. The fourth-order valence-electron chi connectivity index (χ4n) is 2.46. The number of aryl methyl sites for hydroxylation is 1. The van der Waals surface area contributed by atoms with E-state index in [0.29, 0.717) is 6.04 Å². The Morgan fingerprint density at radius 2 is 2.29 bits per heavy atom. The maximum Gasteiger partial charge on any atom is 0.155 e. The predicted octanol–water partition coefficient (Wildman–Crippen LogP) is 1.93. The second-order valence-electron chi connectivity index (χ2n) is 5.21. The third kappa shape index (κ3) is 2.17. The van der Waals surface area contributed by atoms with Gasteiger partial charge in [0.05, 0.1) is 5.69 Å². The zero-order valence-electron chi connectivity index (χ0n) is 10.3. The molecule has 1 fully saturated rings. The summed E-state index contributed by atoms with van der Waals surface area (Å²) >= 11 is 0. The lowest BCUT2D eigenvalue weighted by Crippen LogP contribution is -2.39. The monoisotopic (exact) mass is 230 g/mol. The van der Waals surface area contributed by atoms with Gasteiger partial charge >= 0.3 is 0 Å². The third-order valence-electron chi connectivity index (χ3n) is 3.46. The molecule has 0 spiro atoms. The topological polar surface area (TPSA) is 42.2 Å². The van der Waals surface area contributed by atoms with E-state index >= 15 is 0 Å². The molecule has 4 nitrogen and oxygen atoms in total. The summed E-state index contributed by atoms with van der Waals surface area (Å²) in [6, 6.07) is 2.69. The van der Waals surface area contributed by atoms with Crippen LogP contribution in [-0.2, 0) is 6.54 Å². The van der Waals surface area contributed by atoms with Crippen LogP contribution in [0.4, 0.5) is 0 Å². The van der Waals surface area contributed by atoms with Crippen molar-refractivity contribution >= 4 is 5.65 Å². The van der Waals surface area contributed by atoms with E-state index in [1.54, 1.807) is 0 Å². The van der Waals surface area contributed by atoms with E-state index < -0.39 is 0 Å². The summed E-state index contributed by atoms with van der Waals surface area (Å²) in [7, 11) is 0. The van der Waals surface area contributed by atoms with Gasteiger partial charge in [0.25, 0.3) is 0 Å². The molecular weight excluding hydrogens is 212 g/mol. The minimum atomic E-state index is 0.694. The van der Waals surface area contributed by atoms with Crippen molar-refractivity contribution in [3.05, 3.63) is 29.7 Å². The first kappa shape index (κ1) is 10.7. The van der Waals surface area contributed by atoms with E-state index in [1.807, 2.05) is 23.7 Å². The Bertz CT molecular complexity index is 525. The summed E-state index contributed by atoms with van der Waals surface area (Å²) in [6.07, 6.45) is 6.60. The highest BCUT2D eigenvalue weighted by Crippen LogP contribution is 2.26. The molecular formula is C13H18N4. The van der Waals surface area contributed by atoms with Crippen LogP contribution in [0.25, 0.3) is 5.65 Å². The lowest BCUT2D eigenvalue weighted by atomic mass is 9.82. The quantitative estimate of drug-likeness (QED) is 0.876. The highest BCUT2D eigenvalue weighted by Gasteiger charge is 2.24. The van der Waals surface area contributed by atoms with Gasteiger partial charge in [-0.1, -0.05) is 6.92 Å². The molecule has 0 saturated heterocycles. The molecule has 2 aromatic heterocycles. The van der Waals surface area contributed by atoms with E-state index in [2.05, 4.69) is 28.5 Å². The summed E-state index contributed by atoms with van der Waals surface area (Å²) in [5, 5.41) is 7.93. The van der Waals surface area contributed by atoms with Crippen LogP contribution in [0.15, 0.2) is 18.5 Å². The highest BCUT2D eigenvalue weighted by molar-refractivity contribution is 5.38. The standard InChI is InChI=1S/C13H18N4/c1-9-3-12(4-9)14-6-11-7-15-13-5-10(2)16-17(13)8-11/h5,7-9,12,14H,3-4,6H2,1-2H3. The van der Waals surface area contributed by atoms with Crippen molar-refractivity contribution in [2.24, 2.45) is 5.92 Å². The molecule has 0 amide bonds. The first-order chi connectivity index (χ1) is 8.20. The van der Waals surface area contributed by atoms with Crippen molar-refractivity contribution in [1.29, 1.82) is 0 Å². The fraction of sp³-hybridized carbons (Fsp3) is 0.538. The Labute approximate surface area is 101 Å². The molecule has 4 heteroatoms. The minimum Gasteiger partial charge on any atom is -0.310 e. The molecule has 0 radical (unpaired) electrons. The van der Waals surface area contributed by atoms with E-state index in [-0.39, 0.29) is 0 Å². The van der Waals surface area contributed by atoms with E-state index in [0.717, 1.165) is 23.8 Å². The number of aromatic nitrogens is 3. The van der Waals surface area contributed by atoms with Crippen molar-refractivity contribution in [2.45, 2.75) is 39.3 Å². The average molecular weight is 230 g/mol. The van der Waals surface area contributed by atoms with Gasteiger partial charge in [0.1, 0.15) is 0 Å². The van der Waals surface area contributed by atoms with Gasteiger partial charge < -0.3 is 5.32 Å². The highest BCUT2D eigenvalue weighted by atomic mass is 15.2. The molecule has 0 unspecified atom stereocenters. The van der Waals surface area contributed by atoms with Gasteiger partial charge in [0, 0.05) is 36.6 Å². The van der Waals surface area contributed by atoms with Crippen LogP contribution < -0.4 is 5.32 Å². The van der Waals surface area contributed by atoms with Crippen molar-refractivity contribution < 1.29 is 0 Å². The second kappa shape index (κ2) is 4.11. The van der Waals surface area contributed by atoms with Crippen LogP contribution in [0.2, 0.25) is 0 Å². The maximum absolute atomic E-state index is 4.40. The van der Waals surface area contributed by atoms with Crippen molar-refractivity contribution in [3.8, 4) is 0 Å². The maximum atomic E-state index is 4.40. The molecule has 1 aliphatic carbocycles. The molecule has 2 aromatic rings. The molecule has 17 heavy (non-hydrogen) atoms. The number of nitrogens with zero attached hydrogens (tertiary/aromatic N) is 3. The molecule has 1 N–H and O–H groups in total. The molecule has 0 bridgehead atoms. The summed E-state index contributed by atoms with van der Waals surface area (Å²) < 4.78 is 1.86. The van der Waals surface area contributed by atoms with Gasteiger partial charge in [-0.05, 0) is 25.7 Å². The summed E-state index contributed by atoms with van der Waals surface area (Å²) in [6.45, 7) is 5.18. The molecule has 90 valence electrons. The number of rotatable bonds is 3. The number of nitrogens with one attached hydrogen (secondary N) is 1. The average Bonchev–Trinajstić information content (AvgIpc) is 2.62. The number of hydrogen-bond acceptors (Lipinski definition) is 3. The van der Waals surface area contributed by atoms with Gasteiger partial charge in [0.2, 0.25) is 0 Å². The van der Waals surface area contributed by atoms with Crippen LogP contribution in [-0.4, -0.2) is 20.6 Å². The molecule has 2 heterocycles. The van der Waals surface area contributed by atoms with Crippen LogP contribution >= 0.6 is 0 Å². The Hall–Kier alpha value is -1.42. The van der Waals surface area contributed by atoms with E-state index in [1.165, 1.54) is 18.4 Å². The zero-order chi connectivity index (χ0) is 11.8. The normalized spacial score (nSPS) is 23.9. The van der Waals surface area contributed by atoms with Gasteiger partial charge in [-0.15, -0.1) is 0 Å². The Kier molecular flexibility index (Phi) is 2.59. The Morgan fingerprint density at radius 3 is 3.06 bits per heavy atom. The summed E-state index contributed by atoms with van der Waals surface area (Å²) in [5.41, 5.74) is 3.12. The molecule has 1 saturated carbocycles. The van der Waals surface area contributed by atoms with Crippen LogP contribution in [0.3, 0.4) is 0 Å². The van der Waals surface area contributed by atoms with Gasteiger partial charge in [-0.2, -0.15) is 5.10 Å². The smallest absolute Gasteiger partial charge is 0.155 e. The van der Waals surface area contributed by atoms with Crippen LogP contribution in [0.5, 0.6) is 0 Å². The molecule has 3 rings (SSSR count). The lowest BCUT2D eigenvalue weighted by molar-refractivity contribution is 0.240. The SMILES string of the molecule is Cc1cc2ncc(CNC3CC(C)C3)cn2n1. The lowest BCUT2D eigenvalue weighted by Gasteiger charge is -2.33. The van der Waals surface area contributed by atoms with Gasteiger partial charge in [-0.25, -0.2) is 9.50 Å². The van der Waals surface area contributed by atoms with Crippen LogP contribution in [0.1, 0.15) is 31.0 Å². The van der Waals surface area contributed by atoms with E-state index in [9.17, 15) is 0 Å². The third-order valence-corrected chi connectivity index (χ3v) is 3.46. The van der Waals surface area contributed by atoms with Crippen LogP contribution in [0, 0.1) is 12.8 Å². The minimum absolute atomic E-state index is 0.694. The van der Waals surface area contributed by atoms with Crippen molar-refractivity contribution in [2.75, 3.05) is 0 Å². The molecule has 1 aliphatic rings. The first-order valence-electron chi connectivity index (χ1n) is 6.25. The first-order valence-corrected chi connectivity index (χ1v) is 6.25. The Morgan fingerprint density at radius 1 is 1.47 bits per heavy atom. The summed E-state index contributed by atoms with van der Waals surface area (Å²) in [4.78, 5) is 4.40. The van der Waals surface area contributed by atoms with Crippen molar-refractivity contribution in [1.82, 2.24) is 19.9 Å². The fourth-order valence-corrected chi connectivity index (χ4v) is 2.46. The molecule has 0 atom stereocenters. The van der Waals surface area contributed by atoms with E-state index in [4.69, 9.17) is 0 Å². The largest absolute Gasteiger partial charge is 0.310 e. The number of hydrogen-bond donors (Lipinski definition) is 1. The summed E-state index contributed by atoms with van der Waals surface area (Å²) in [5.74, 6) is 0.891. The second-order valence-corrected chi connectivity index (χ2v) is 5.21. The number of fused-ring (bicyclic) bond motifs is 1. The molecule has 0 aromatic carbocycles. The predicted molar refractivity (Wildman–Crippen MR) is 66.7 cm³/mol. The van der Waals surface area contributed by atoms with Gasteiger partial charge in [-0.3, -0.25) is 0 Å². The van der Waals surface area contributed by atoms with Gasteiger partial charge in [0.15, 0.2) is 5.65 Å². The Balaban J connectivity index is 1.68. The zero-order valence-corrected chi connectivity index (χ0v) is 10.3.